The maximum Gasteiger partial charge on any atom is 0.345 e. The summed E-state index contributed by atoms with van der Waals surface area (Å²) >= 11 is 5.92. The van der Waals surface area contributed by atoms with Crippen LogP contribution in [0.4, 0.5) is 4.39 Å². The highest BCUT2D eigenvalue weighted by Gasteiger charge is 2.26. The molecule has 0 aromatic heterocycles. The van der Waals surface area contributed by atoms with Crippen LogP contribution in [-0.4, -0.2) is 25.8 Å². The Labute approximate surface area is 109 Å². The number of carbonyl (C=O) groups is 1. The molecule has 98 valence electrons. The van der Waals surface area contributed by atoms with Crippen molar-refractivity contribution in [3.8, 4) is 11.5 Å². The van der Waals surface area contributed by atoms with Crippen molar-refractivity contribution >= 4 is 17.6 Å². The van der Waals surface area contributed by atoms with E-state index in [0.29, 0.717) is 24.7 Å². The van der Waals surface area contributed by atoms with Crippen molar-refractivity contribution < 1.29 is 23.4 Å². The highest BCUT2D eigenvalue weighted by Crippen LogP contribution is 2.38. The van der Waals surface area contributed by atoms with Gasteiger partial charge < -0.3 is 14.2 Å². The molecule has 0 saturated heterocycles. The van der Waals surface area contributed by atoms with E-state index < -0.39 is 12.1 Å². The molecule has 2 rings (SSSR count). The summed E-state index contributed by atoms with van der Waals surface area (Å²) in [4.78, 5) is 11.3. The van der Waals surface area contributed by atoms with Gasteiger partial charge in [-0.25, -0.2) is 9.18 Å². The lowest BCUT2D eigenvalue weighted by atomic mass is 10.1. The minimum Gasteiger partial charge on any atom is -0.486 e. The number of benzene rings is 1. The largest absolute Gasteiger partial charge is 0.486 e. The number of esters is 1. The zero-order valence-electron chi connectivity index (χ0n) is 9.74. The standard InChI is InChI=1S/C12H12ClFO4/c1-2-16-12(15)11(14)7-5-9-10(6-8(7)13)18-4-3-17-9/h5-6,11H,2-4H2,1H3. The zero-order chi connectivity index (χ0) is 13.1. The third-order valence-electron chi connectivity index (χ3n) is 2.43. The van der Waals surface area contributed by atoms with E-state index in [1.54, 1.807) is 6.92 Å². The summed E-state index contributed by atoms with van der Waals surface area (Å²) in [7, 11) is 0. The lowest BCUT2D eigenvalue weighted by Gasteiger charge is -2.20. The first-order valence-corrected chi connectivity index (χ1v) is 5.91. The van der Waals surface area contributed by atoms with Gasteiger partial charge in [0.2, 0.25) is 6.17 Å². The van der Waals surface area contributed by atoms with Gasteiger partial charge in [0.15, 0.2) is 11.5 Å². The number of hydrogen-bond donors (Lipinski definition) is 0. The molecular formula is C12H12ClFO4. The zero-order valence-corrected chi connectivity index (χ0v) is 10.5. The molecule has 4 nitrogen and oxygen atoms in total. The molecule has 0 spiro atoms. The fraction of sp³-hybridized carbons (Fsp3) is 0.417. The quantitative estimate of drug-likeness (QED) is 0.795. The van der Waals surface area contributed by atoms with Gasteiger partial charge in [-0.3, -0.25) is 0 Å². The third kappa shape index (κ3) is 2.51. The molecule has 0 fully saturated rings. The van der Waals surface area contributed by atoms with Gasteiger partial charge in [0.05, 0.1) is 11.6 Å². The van der Waals surface area contributed by atoms with Crippen LogP contribution in [-0.2, 0) is 9.53 Å². The molecule has 0 bridgehead atoms. The fourth-order valence-electron chi connectivity index (χ4n) is 1.62. The van der Waals surface area contributed by atoms with Crippen molar-refractivity contribution in [2.75, 3.05) is 19.8 Å². The summed E-state index contributed by atoms with van der Waals surface area (Å²) in [6.45, 7) is 2.52. The van der Waals surface area contributed by atoms with E-state index >= 15 is 0 Å². The molecule has 6 heteroatoms. The molecule has 1 aromatic rings. The van der Waals surface area contributed by atoms with E-state index in [0.717, 1.165) is 0 Å². The van der Waals surface area contributed by atoms with Gasteiger partial charge in [-0.1, -0.05) is 11.6 Å². The van der Waals surface area contributed by atoms with Gasteiger partial charge in [0.1, 0.15) is 13.2 Å². The highest BCUT2D eigenvalue weighted by molar-refractivity contribution is 6.31. The van der Waals surface area contributed by atoms with E-state index in [9.17, 15) is 9.18 Å². The molecule has 0 aliphatic carbocycles. The SMILES string of the molecule is CCOC(=O)C(F)c1cc2c(cc1Cl)OCCO2. The highest BCUT2D eigenvalue weighted by atomic mass is 35.5. The minimum atomic E-state index is -1.92. The molecule has 1 aliphatic rings. The molecule has 0 radical (unpaired) electrons. The Morgan fingerprint density at radius 1 is 1.44 bits per heavy atom. The fourth-order valence-corrected chi connectivity index (χ4v) is 1.87. The topological polar surface area (TPSA) is 44.8 Å². The number of fused-ring (bicyclic) bond motifs is 1. The van der Waals surface area contributed by atoms with Crippen molar-refractivity contribution in [2.45, 2.75) is 13.1 Å². The van der Waals surface area contributed by atoms with Crippen molar-refractivity contribution in [3.63, 3.8) is 0 Å². The van der Waals surface area contributed by atoms with Crippen molar-refractivity contribution in [3.05, 3.63) is 22.7 Å². The van der Waals surface area contributed by atoms with Gasteiger partial charge in [0, 0.05) is 11.6 Å². The van der Waals surface area contributed by atoms with Crippen LogP contribution in [0.15, 0.2) is 12.1 Å². The summed E-state index contributed by atoms with van der Waals surface area (Å²) in [5, 5.41) is 0.111. The lowest BCUT2D eigenvalue weighted by Crippen LogP contribution is -2.17. The Bertz CT molecular complexity index is 464. The molecule has 0 saturated carbocycles. The Balaban J connectivity index is 2.30. The second-order valence-electron chi connectivity index (χ2n) is 3.63. The molecule has 18 heavy (non-hydrogen) atoms. The van der Waals surface area contributed by atoms with Crippen LogP contribution in [0, 0.1) is 0 Å². The normalized spacial score (nSPS) is 15.1. The van der Waals surface area contributed by atoms with Crippen LogP contribution in [0.3, 0.4) is 0 Å². The number of alkyl halides is 1. The Morgan fingerprint density at radius 3 is 2.67 bits per heavy atom. The van der Waals surface area contributed by atoms with E-state index in [1.165, 1.54) is 12.1 Å². The molecule has 1 aliphatic heterocycles. The molecule has 1 unspecified atom stereocenters. The summed E-state index contributed by atoms with van der Waals surface area (Å²) in [6.07, 6.45) is -1.92. The monoisotopic (exact) mass is 274 g/mol. The van der Waals surface area contributed by atoms with Crippen LogP contribution < -0.4 is 9.47 Å². The predicted octanol–water partition coefficient (Wildman–Crippen LogP) is 2.68. The van der Waals surface area contributed by atoms with Crippen molar-refractivity contribution in [1.29, 1.82) is 0 Å². The van der Waals surface area contributed by atoms with Gasteiger partial charge in [-0.2, -0.15) is 0 Å². The van der Waals surface area contributed by atoms with E-state index in [4.69, 9.17) is 21.1 Å². The molecule has 1 aromatic carbocycles. The Hall–Kier alpha value is -1.49. The molecular weight excluding hydrogens is 263 g/mol. The smallest absolute Gasteiger partial charge is 0.345 e. The van der Waals surface area contributed by atoms with Crippen molar-refractivity contribution in [1.82, 2.24) is 0 Å². The summed E-state index contributed by atoms with van der Waals surface area (Å²) in [5.41, 5.74) is 0.0272. The number of rotatable bonds is 3. The first kappa shape index (κ1) is 13.0. The van der Waals surface area contributed by atoms with Crippen molar-refractivity contribution in [2.24, 2.45) is 0 Å². The van der Waals surface area contributed by atoms with E-state index in [1.807, 2.05) is 0 Å². The first-order chi connectivity index (χ1) is 8.63. The van der Waals surface area contributed by atoms with Gasteiger partial charge in [-0.05, 0) is 13.0 Å². The average Bonchev–Trinajstić information content (AvgIpc) is 2.37. The number of ether oxygens (including phenoxy) is 3. The van der Waals surface area contributed by atoms with Crippen LogP contribution in [0.2, 0.25) is 5.02 Å². The molecule has 1 atom stereocenters. The van der Waals surface area contributed by atoms with Crippen LogP contribution >= 0.6 is 11.6 Å². The number of hydrogen-bond acceptors (Lipinski definition) is 4. The van der Waals surface area contributed by atoms with E-state index in [-0.39, 0.29) is 17.2 Å². The van der Waals surface area contributed by atoms with Crippen LogP contribution in [0.5, 0.6) is 11.5 Å². The summed E-state index contributed by atoms with van der Waals surface area (Å²) in [5.74, 6) is -0.130. The average molecular weight is 275 g/mol. The molecule has 0 amide bonds. The minimum absolute atomic E-state index is 0.0272. The second-order valence-corrected chi connectivity index (χ2v) is 4.04. The molecule has 1 heterocycles. The maximum atomic E-state index is 13.9. The maximum absolute atomic E-state index is 13.9. The van der Waals surface area contributed by atoms with E-state index in [2.05, 4.69) is 4.74 Å². The predicted molar refractivity (Wildman–Crippen MR) is 62.9 cm³/mol. The lowest BCUT2D eigenvalue weighted by molar-refractivity contribution is -0.149. The van der Waals surface area contributed by atoms with Gasteiger partial charge in [0.25, 0.3) is 0 Å². The van der Waals surface area contributed by atoms with Gasteiger partial charge in [-0.15, -0.1) is 0 Å². The number of halogens is 2. The third-order valence-corrected chi connectivity index (χ3v) is 2.76. The van der Waals surface area contributed by atoms with Gasteiger partial charge >= 0.3 is 5.97 Å². The first-order valence-electron chi connectivity index (χ1n) is 5.53. The molecule has 0 N–H and O–H groups in total. The summed E-state index contributed by atoms with van der Waals surface area (Å²) in [6, 6.07) is 2.82. The Morgan fingerprint density at radius 2 is 2.06 bits per heavy atom. The van der Waals surface area contributed by atoms with Crippen LogP contribution in [0.1, 0.15) is 18.7 Å². The van der Waals surface area contributed by atoms with Crippen LogP contribution in [0.25, 0.3) is 0 Å². The Kier molecular flexibility index (Phi) is 3.91. The summed E-state index contributed by atoms with van der Waals surface area (Å²) < 4.78 is 29.1. The second kappa shape index (κ2) is 5.44. The number of carbonyl (C=O) groups excluding carboxylic acids is 1.